The number of H-pyrrole nitrogens is 1. The van der Waals surface area contributed by atoms with Gasteiger partial charge in [-0.05, 0) is 24.6 Å². The van der Waals surface area contributed by atoms with Crippen LogP contribution in [0, 0.1) is 13.0 Å². The van der Waals surface area contributed by atoms with Crippen LogP contribution in [-0.2, 0) is 6.54 Å². The molecule has 1 aromatic carbocycles. The van der Waals surface area contributed by atoms with Crippen LogP contribution in [0.5, 0.6) is 0 Å². The van der Waals surface area contributed by atoms with Crippen molar-refractivity contribution in [2.24, 2.45) is 0 Å². The quantitative estimate of drug-likeness (QED) is 0.703. The maximum atomic E-state index is 3.96. The SMILES string of the molecule is Cc1nncn1Cc1ccc2[nH]c[c]c2c1. The minimum atomic E-state index is 0.799. The molecule has 0 aliphatic rings. The molecule has 4 heteroatoms. The van der Waals surface area contributed by atoms with Gasteiger partial charge in [0.2, 0.25) is 0 Å². The van der Waals surface area contributed by atoms with Gasteiger partial charge in [-0.1, -0.05) is 6.07 Å². The van der Waals surface area contributed by atoms with E-state index in [-0.39, 0.29) is 0 Å². The molecule has 1 N–H and O–H groups in total. The lowest BCUT2D eigenvalue weighted by Gasteiger charge is -2.03. The van der Waals surface area contributed by atoms with Gasteiger partial charge >= 0.3 is 0 Å². The van der Waals surface area contributed by atoms with Gasteiger partial charge < -0.3 is 9.55 Å². The van der Waals surface area contributed by atoms with Gasteiger partial charge in [-0.15, -0.1) is 10.2 Å². The molecular formula is C12H11N4. The minimum absolute atomic E-state index is 0.799. The fourth-order valence-corrected chi connectivity index (χ4v) is 1.79. The van der Waals surface area contributed by atoms with Crippen molar-refractivity contribution in [3.63, 3.8) is 0 Å². The Balaban J connectivity index is 1.97. The number of hydrogen-bond acceptors (Lipinski definition) is 2. The summed E-state index contributed by atoms with van der Waals surface area (Å²) in [5.41, 5.74) is 2.34. The molecule has 16 heavy (non-hydrogen) atoms. The molecule has 1 radical (unpaired) electrons. The van der Waals surface area contributed by atoms with Gasteiger partial charge in [0.05, 0.1) is 6.54 Å². The van der Waals surface area contributed by atoms with E-state index in [0.717, 1.165) is 23.3 Å². The van der Waals surface area contributed by atoms with Gasteiger partial charge in [0.25, 0.3) is 0 Å². The highest BCUT2D eigenvalue weighted by molar-refractivity contribution is 5.79. The van der Waals surface area contributed by atoms with Crippen LogP contribution in [0.15, 0.2) is 30.7 Å². The summed E-state index contributed by atoms with van der Waals surface area (Å²) in [7, 11) is 0. The average molecular weight is 211 g/mol. The zero-order chi connectivity index (χ0) is 11.0. The predicted octanol–water partition coefficient (Wildman–Crippen LogP) is 1.92. The van der Waals surface area contributed by atoms with Gasteiger partial charge in [0, 0.05) is 23.2 Å². The van der Waals surface area contributed by atoms with Crippen LogP contribution in [-0.4, -0.2) is 19.7 Å². The summed E-state index contributed by atoms with van der Waals surface area (Å²) in [4.78, 5) is 3.13. The monoisotopic (exact) mass is 211 g/mol. The Morgan fingerprint density at radius 3 is 3.19 bits per heavy atom. The van der Waals surface area contributed by atoms with Crippen LogP contribution in [0.4, 0.5) is 0 Å². The van der Waals surface area contributed by atoms with Gasteiger partial charge in [0.1, 0.15) is 12.2 Å². The van der Waals surface area contributed by atoms with E-state index >= 15 is 0 Å². The number of nitrogens with zero attached hydrogens (tertiary/aromatic N) is 3. The molecule has 0 saturated carbocycles. The summed E-state index contributed by atoms with van der Waals surface area (Å²) < 4.78 is 2.02. The lowest BCUT2D eigenvalue weighted by molar-refractivity contribution is 0.762. The standard InChI is InChI=1S/C12H11N4/c1-9-15-14-8-16(9)7-10-2-3-12-11(6-10)4-5-13-12/h2-3,5-6,8,13H,7H2,1H3. The summed E-state index contributed by atoms with van der Waals surface area (Å²) in [6.07, 6.45) is 3.58. The Hall–Kier alpha value is -2.10. The first-order valence-corrected chi connectivity index (χ1v) is 5.15. The molecule has 2 aromatic heterocycles. The van der Waals surface area contributed by atoms with Crippen molar-refractivity contribution in [1.29, 1.82) is 0 Å². The normalized spacial score (nSPS) is 11.1. The summed E-state index contributed by atoms with van der Waals surface area (Å²) in [6, 6.07) is 9.46. The van der Waals surface area contributed by atoms with Crippen molar-refractivity contribution in [2.45, 2.75) is 13.5 Å². The number of aromatic nitrogens is 4. The molecule has 0 aliphatic heterocycles. The third kappa shape index (κ3) is 1.48. The van der Waals surface area contributed by atoms with E-state index in [9.17, 15) is 0 Å². The number of rotatable bonds is 2. The first-order chi connectivity index (χ1) is 7.83. The highest BCUT2D eigenvalue weighted by Gasteiger charge is 2.01. The number of hydrogen-bond donors (Lipinski definition) is 1. The minimum Gasteiger partial charge on any atom is -0.361 e. The van der Waals surface area contributed by atoms with Crippen LogP contribution in [0.25, 0.3) is 10.9 Å². The molecule has 0 aliphatic carbocycles. The molecule has 0 amide bonds. The number of fused-ring (bicyclic) bond motifs is 1. The third-order valence-corrected chi connectivity index (χ3v) is 2.70. The van der Waals surface area contributed by atoms with E-state index in [4.69, 9.17) is 0 Å². The van der Waals surface area contributed by atoms with E-state index < -0.39 is 0 Å². The Bertz CT molecular complexity index is 621. The van der Waals surface area contributed by atoms with Crippen molar-refractivity contribution in [3.8, 4) is 0 Å². The van der Waals surface area contributed by atoms with Gasteiger partial charge in [-0.2, -0.15) is 0 Å². The first kappa shape index (κ1) is 9.15. The van der Waals surface area contributed by atoms with Gasteiger partial charge in [0.15, 0.2) is 0 Å². The summed E-state index contributed by atoms with van der Waals surface area (Å²) in [6.45, 7) is 2.75. The van der Waals surface area contributed by atoms with Crippen molar-refractivity contribution in [2.75, 3.05) is 0 Å². The Morgan fingerprint density at radius 2 is 2.38 bits per heavy atom. The second-order valence-electron chi connectivity index (χ2n) is 3.82. The largest absolute Gasteiger partial charge is 0.361 e. The summed E-state index contributed by atoms with van der Waals surface area (Å²) >= 11 is 0. The zero-order valence-corrected chi connectivity index (χ0v) is 8.94. The molecule has 0 unspecified atom stereocenters. The maximum absolute atomic E-state index is 3.96. The highest BCUT2D eigenvalue weighted by atomic mass is 15.2. The lowest BCUT2D eigenvalue weighted by Crippen LogP contribution is -2.00. The van der Waals surface area contributed by atoms with Crippen LogP contribution in [0.3, 0.4) is 0 Å². The van der Waals surface area contributed by atoms with E-state index in [2.05, 4.69) is 39.4 Å². The van der Waals surface area contributed by atoms with Gasteiger partial charge in [-0.25, -0.2) is 0 Å². The van der Waals surface area contributed by atoms with E-state index in [1.807, 2.05) is 17.7 Å². The number of benzene rings is 1. The number of aromatic amines is 1. The predicted molar refractivity (Wildman–Crippen MR) is 61.0 cm³/mol. The van der Waals surface area contributed by atoms with E-state index in [1.54, 1.807) is 6.33 Å². The average Bonchev–Trinajstić information content (AvgIpc) is 2.88. The van der Waals surface area contributed by atoms with Crippen LogP contribution >= 0.6 is 0 Å². The Morgan fingerprint density at radius 1 is 1.44 bits per heavy atom. The van der Waals surface area contributed by atoms with E-state index in [0.29, 0.717) is 0 Å². The van der Waals surface area contributed by atoms with Crippen molar-refractivity contribution in [3.05, 3.63) is 48.2 Å². The van der Waals surface area contributed by atoms with Crippen molar-refractivity contribution < 1.29 is 0 Å². The third-order valence-electron chi connectivity index (χ3n) is 2.70. The molecule has 79 valence electrons. The molecule has 0 saturated heterocycles. The molecule has 4 nitrogen and oxygen atoms in total. The summed E-state index contributed by atoms with van der Waals surface area (Å²) in [5.74, 6) is 0.929. The zero-order valence-electron chi connectivity index (χ0n) is 8.94. The highest BCUT2D eigenvalue weighted by Crippen LogP contribution is 2.14. The van der Waals surface area contributed by atoms with Crippen LogP contribution in [0.2, 0.25) is 0 Å². The van der Waals surface area contributed by atoms with Crippen LogP contribution < -0.4 is 0 Å². The molecule has 3 aromatic rings. The fraction of sp³-hybridized carbons (Fsp3) is 0.167. The second kappa shape index (κ2) is 3.48. The smallest absolute Gasteiger partial charge is 0.129 e. The Labute approximate surface area is 92.9 Å². The maximum Gasteiger partial charge on any atom is 0.129 e. The number of nitrogens with one attached hydrogen (secondary N) is 1. The first-order valence-electron chi connectivity index (χ1n) is 5.15. The molecule has 0 fully saturated rings. The fourth-order valence-electron chi connectivity index (χ4n) is 1.79. The molecule has 0 spiro atoms. The molecule has 0 atom stereocenters. The van der Waals surface area contributed by atoms with Crippen molar-refractivity contribution in [1.82, 2.24) is 19.7 Å². The topological polar surface area (TPSA) is 46.5 Å². The Kier molecular flexibility index (Phi) is 1.99. The second-order valence-corrected chi connectivity index (χ2v) is 3.82. The molecular weight excluding hydrogens is 200 g/mol. The molecule has 2 heterocycles. The number of aryl methyl sites for hydroxylation is 1. The lowest BCUT2D eigenvalue weighted by atomic mass is 10.1. The summed E-state index contributed by atoms with van der Waals surface area (Å²) in [5, 5.41) is 8.95. The van der Waals surface area contributed by atoms with Crippen molar-refractivity contribution >= 4 is 10.9 Å². The van der Waals surface area contributed by atoms with Crippen LogP contribution in [0.1, 0.15) is 11.4 Å². The van der Waals surface area contributed by atoms with E-state index in [1.165, 1.54) is 5.56 Å². The van der Waals surface area contributed by atoms with Gasteiger partial charge in [-0.3, -0.25) is 0 Å². The molecule has 0 bridgehead atoms. The molecule has 3 rings (SSSR count).